The molecule has 1 aliphatic rings. The second-order valence-electron chi connectivity index (χ2n) is 5.53. The van der Waals surface area contributed by atoms with Crippen molar-refractivity contribution in [2.45, 2.75) is 6.42 Å². The normalized spacial score (nSPS) is 14.2. The van der Waals surface area contributed by atoms with Gasteiger partial charge in [-0.1, -0.05) is 0 Å². The molecular formula is C19H10F5I. The van der Waals surface area contributed by atoms with Crippen LogP contribution in [-0.4, -0.2) is 0 Å². The summed E-state index contributed by atoms with van der Waals surface area (Å²) in [4.78, 5) is 0. The second kappa shape index (κ2) is 6.09. The fourth-order valence-electron chi connectivity index (χ4n) is 2.91. The molecule has 0 amide bonds. The Morgan fingerprint density at radius 2 is 0.960 bits per heavy atom. The van der Waals surface area contributed by atoms with Crippen molar-refractivity contribution in [3.05, 3.63) is 99.5 Å². The average Bonchev–Trinajstić information content (AvgIpc) is 2.64. The van der Waals surface area contributed by atoms with Crippen molar-refractivity contribution >= 4 is 19.8 Å². The molecule has 0 N–H and O–H groups in total. The zero-order valence-electron chi connectivity index (χ0n) is 12.6. The van der Waals surface area contributed by atoms with Crippen LogP contribution in [0.15, 0.2) is 48.5 Å². The van der Waals surface area contributed by atoms with E-state index < -0.39 is 52.5 Å². The first-order valence-corrected chi connectivity index (χ1v) is 10.6. The van der Waals surface area contributed by atoms with Gasteiger partial charge in [-0.3, -0.25) is 0 Å². The van der Waals surface area contributed by atoms with Gasteiger partial charge in [0.2, 0.25) is 0 Å². The molecule has 0 aromatic heterocycles. The molecule has 1 heterocycles. The number of fused-ring (bicyclic) bond motifs is 2. The predicted octanol–water partition coefficient (Wildman–Crippen LogP) is 5.70. The molecule has 0 bridgehead atoms. The molecule has 0 radical (unpaired) electrons. The number of halogens is 6. The Bertz CT molecular complexity index is 925. The topological polar surface area (TPSA) is 0 Å². The molecule has 25 heavy (non-hydrogen) atoms. The predicted molar refractivity (Wildman–Crippen MR) is 92.0 cm³/mol. The summed E-state index contributed by atoms with van der Waals surface area (Å²) in [6, 6.07) is 14.2. The molecular weight excluding hydrogens is 450 g/mol. The summed E-state index contributed by atoms with van der Waals surface area (Å²) < 4.78 is 70.7. The van der Waals surface area contributed by atoms with E-state index in [1.807, 2.05) is 12.1 Å². The Kier molecular flexibility index (Phi) is 4.02. The molecule has 0 fully saturated rings. The fourth-order valence-corrected chi connectivity index (χ4v) is 9.38. The summed E-state index contributed by atoms with van der Waals surface area (Å²) in [6.07, 6.45) is 0.579. The van der Waals surface area contributed by atoms with Crippen LogP contribution in [0.4, 0.5) is 22.0 Å². The zero-order valence-corrected chi connectivity index (χ0v) is 14.8. The molecule has 0 spiro atoms. The molecule has 0 aliphatic carbocycles. The summed E-state index contributed by atoms with van der Waals surface area (Å²) in [5.41, 5.74) is 1.74. The standard InChI is InChI=1S/C19H10F5I/c20-14-15(21)17(23)19(18(24)16(14)22)25-12-7-3-1-5-10(12)9-11-6-2-4-8-13(11)25/h1-8H,9H2. The van der Waals surface area contributed by atoms with Crippen molar-refractivity contribution in [3.8, 4) is 0 Å². The summed E-state index contributed by atoms with van der Waals surface area (Å²) in [7, 11) is 0. The van der Waals surface area contributed by atoms with Crippen LogP contribution in [0.1, 0.15) is 11.1 Å². The third kappa shape index (κ3) is 2.46. The second-order valence-corrected chi connectivity index (χ2v) is 10.5. The van der Waals surface area contributed by atoms with Crippen molar-refractivity contribution in [1.82, 2.24) is 0 Å². The summed E-state index contributed by atoms with van der Waals surface area (Å²) >= 11 is -3.06. The molecule has 0 saturated carbocycles. The fraction of sp³-hybridized carbons (Fsp3) is 0.0526. The maximum absolute atomic E-state index is 14.5. The Morgan fingerprint density at radius 3 is 1.44 bits per heavy atom. The van der Waals surface area contributed by atoms with Crippen LogP contribution in [0.2, 0.25) is 0 Å². The van der Waals surface area contributed by atoms with Gasteiger partial charge in [0.15, 0.2) is 0 Å². The first-order chi connectivity index (χ1) is 12.0. The van der Waals surface area contributed by atoms with Gasteiger partial charge >= 0.3 is 148 Å². The Hall–Kier alpha value is -1.96. The van der Waals surface area contributed by atoms with E-state index in [0.29, 0.717) is 13.6 Å². The first kappa shape index (κ1) is 16.5. The van der Waals surface area contributed by atoms with Gasteiger partial charge in [0.05, 0.1) is 0 Å². The number of rotatable bonds is 1. The third-order valence-corrected chi connectivity index (χ3v) is 10.5. The van der Waals surface area contributed by atoms with Crippen LogP contribution in [-0.2, 0) is 6.42 Å². The summed E-state index contributed by atoms with van der Waals surface area (Å²) in [5.74, 6) is -9.31. The van der Waals surface area contributed by atoms with Gasteiger partial charge < -0.3 is 0 Å². The van der Waals surface area contributed by atoms with E-state index in [-0.39, 0.29) is 0 Å². The van der Waals surface area contributed by atoms with E-state index in [4.69, 9.17) is 0 Å². The molecule has 128 valence electrons. The summed E-state index contributed by atoms with van der Waals surface area (Å²) in [5, 5.41) is 0. The van der Waals surface area contributed by atoms with Crippen molar-refractivity contribution in [2.24, 2.45) is 0 Å². The SMILES string of the molecule is Fc1c(F)c(F)c(I2c3ccccc3Cc3ccccc32)c(F)c1F. The van der Waals surface area contributed by atoms with E-state index in [1.165, 1.54) is 0 Å². The first-order valence-electron chi connectivity index (χ1n) is 7.37. The Morgan fingerprint density at radius 1 is 0.560 bits per heavy atom. The third-order valence-electron chi connectivity index (χ3n) is 4.05. The van der Waals surface area contributed by atoms with Crippen LogP contribution in [0.3, 0.4) is 0 Å². The monoisotopic (exact) mass is 460 g/mol. The van der Waals surface area contributed by atoms with Crippen molar-refractivity contribution < 1.29 is 22.0 Å². The van der Waals surface area contributed by atoms with Gasteiger partial charge in [-0.05, 0) is 0 Å². The van der Waals surface area contributed by atoms with Crippen LogP contribution >= 0.6 is 19.8 Å². The number of hydrogen-bond acceptors (Lipinski definition) is 0. The molecule has 3 aromatic rings. The molecule has 6 heteroatoms. The van der Waals surface area contributed by atoms with Crippen LogP contribution in [0.25, 0.3) is 0 Å². The van der Waals surface area contributed by atoms with Crippen molar-refractivity contribution in [3.63, 3.8) is 0 Å². The quantitative estimate of drug-likeness (QED) is 0.148. The van der Waals surface area contributed by atoms with E-state index in [9.17, 15) is 22.0 Å². The van der Waals surface area contributed by atoms with Crippen molar-refractivity contribution in [2.75, 3.05) is 0 Å². The van der Waals surface area contributed by atoms with E-state index in [0.717, 1.165) is 11.1 Å². The Balaban J connectivity index is 2.08. The van der Waals surface area contributed by atoms with Gasteiger partial charge in [0.25, 0.3) is 0 Å². The van der Waals surface area contributed by atoms with Crippen LogP contribution < -0.4 is 0 Å². The molecule has 3 aromatic carbocycles. The van der Waals surface area contributed by atoms with Crippen LogP contribution in [0.5, 0.6) is 0 Å². The summed E-state index contributed by atoms with van der Waals surface area (Å²) in [6.45, 7) is 0. The van der Waals surface area contributed by atoms with E-state index in [2.05, 4.69) is 0 Å². The van der Waals surface area contributed by atoms with Gasteiger partial charge in [0.1, 0.15) is 0 Å². The van der Waals surface area contributed by atoms with Crippen molar-refractivity contribution in [1.29, 1.82) is 0 Å². The van der Waals surface area contributed by atoms with Gasteiger partial charge in [-0.25, -0.2) is 0 Å². The molecule has 0 nitrogen and oxygen atoms in total. The molecule has 0 atom stereocenters. The number of hydrogen-bond donors (Lipinski definition) is 0. The van der Waals surface area contributed by atoms with Crippen LogP contribution in [0, 0.1) is 39.8 Å². The molecule has 0 saturated heterocycles. The maximum atomic E-state index is 14.5. The molecule has 0 unspecified atom stereocenters. The Labute approximate surface area is 147 Å². The van der Waals surface area contributed by atoms with Gasteiger partial charge in [-0.2, -0.15) is 0 Å². The number of benzene rings is 3. The van der Waals surface area contributed by atoms with Gasteiger partial charge in [-0.15, -0.1) is 0 Å². The minimum absolute atomic E-state index is 0.579. The van der Waals surface area contributed by atoms with E-state index in [1.54, 1.807) is 36.4 Å². The minimum atomic E-state index is -3.06. The molecule has 4 rings (SSSR count). The molecule has 1 aliphatic heterocycles. The average molecular weight is 460 g/mol. The zero-order chi connectivity index (χ0) is 17.7. The van der Waals surface area contributed by atoms with E-state index >= 15 is 0 Å². The van der Waals surface area contributed by atoms with Gasteiger partial charge in [0, 0.05) is 0 Å².